The van der Waals surface area contributed by atoms with Gasteiger partial charge < -0.3 is 5.73 Å². The van der Waals surface area contributed by atoms with Gasteiger partial charge in [0.25, 0.3) is 0 Å². The maximum atomic E-state index is 13.4. The molecule has 1 aromatic carbocycles. The molecule has 0 radical (unpaired) electrons. The fourth-order valence-electron chi connectivity index (χ4n) is 2.22. The van der Waals surface area contributed by atoms with E-state index in [9.17, 15) is 8.78 Å². The van der Waals surface area contributed by atoms with Gasteiger partial charge in [-0.15, -0.1) is 0 Å². The standard InChI is InChI=1S/C12H15F2N/c13-10-4-1-3-9(11(10)14)7-12(8-15)5-2-6-12/h1,3-4H,2,5-8,15H2. The van der Waals surface area contributed by atoms with Crippen molar-refractivity contribution in [1.82, 2.24) is 0 Å². The molecule has 0 saturated heterocycles. The second-order valence-corrected chi connectivity index (χ2v) is 4.45. The van der Waals surface area contributed by atoms with Crippen LogP contribution in [0.2, 0.25) is 0 Å². The third-order valence-electron chi connectivity index (χ3n) is 3.44. The van der Waals surface area contributed by atoms with Crippen molar-refractivity contribution < 1.29 is 8.78 Å². The number of hydrogen-bond donors (Lipinski definition) is 1. The molecule has 1 aromatic rings. The van der Waals surface area contributed by atoms with Crippen LogP contribution in [0.1, 0.15) is 24.8 Å². The number of halogens is 2. The fourth-order valence-corrected chi connectivity index (χ4v) is 2.22. The molecule has 3 heteroatoms. The molecule has 1 fully saturated rings. The Morgan fingerprint density at radius 2 is 2.00 bits per heavy atom. The minimum absolute atomic E-state index is 0.0225. The van der Waals surface area contributed by atoms with Crippen LogP contribution in [0.25, 0.3) is 0 Å². The van der Waals surface area contributed by atoms with E-state index in [1.807, 2.05) is 0 Å². The average molecular weight is 211 g/mol. The highest BCUT2D eigenvalue weighted by molar-refractivity contribution is 5.21. The van der Waals surface area contributed by atoms with Crippen LogP contribution in [0.4, 0.5) is 8.78 Å². The van der Waals surface area contributed by atoms with Crippen LogP contribution in [0, 0.1) is 17.0 Å². The maximum absolute atomic E-state index is 13.4. The third kappa shape index (κ3) is 1.88. The van der Waals surface area contributed by atoms with E-state index >= 15 is 0 Å². The van der Waals surface area contributed by atoms with Crippen molar-refractivity contribution in [3.05, 3.63) is 35.4 Å². The molecule has 82 valence electrons. The van der Waals surface area contributed by atoms with Gasteiger partial charge in [0.15, 0.2) is 11.6 Å². The van der Waals surface area contributed by atoms with E-state index in [2.05, 4.69) is 0 Å². The Morgan fingerprint density at radius 3 is 2.53 bits per heavy atom. The summed E-state index contributed by atoms with van der Waals surface area (Å²) in [6.45, 7) is 0.558. The van der Waals surface area contributed by atoms with Gasteiger partial charge in [0.1, 0.15) is 0 Å². The first-order valence-electron chi connectivity index (χ1n) is 5.30. The van der Waals surface area contributed by atoms with E-state index in [1.165, 1.54) is 0 Å². The summed E-state index contributed by atoms with van der Waals surface area (Å²) >= 11 is 0. The number of hydrogen-bond acceptors (Lipinski definition) is 1. The third-order valence-corrected chi connectivity index (χ3v) is 3.44. The summed E-state index contributed by atoms with van der Waals surface area (Å²) in [5.74, 6) is -1.48. The molecule has 0 unspecified atom stereocenters. The molecule has 15 heavy (non-hydrogen) atoms. The van der Waals surface area contributed by atoms with Crippen molar-refractivity contribution in [1.29, 1.82) is 0 Å². The summed E-state index contributed by atoms with van der Waals surface area (Å²) in [7, 11) is 0. The summed E-state index contributed by atoms with van der Waals surface area (Å²) in [5.41, 5.74) is 6.17. The van der Waals surface area contributed by atoms with Crippen LogP contribution in [0.3, 0.4) is 0 Å². The Hall–Kier alpha value is -0.960. The first-order valence-corrected chi connectivity index (χ1v) is 5.30. The summed E-state index contributed by atoms with van der Waals surface area (Å²) in [6.07, 6.45) is 3.76. The first-order chi connectivity index (χ1) is 7.17. The lowest BCUT2D eigenvalue weighted by atomic mass is 9.65. The zero-order valence-electron chi connectivity index (χ0n) is 8.60. The quantitative estimate of drug-likeness (QED) is 0.817. The van der Waals surface area contributed by atoms with Crippen molar-refractivity contribution in [2.75, 3.05) is 6.54 Å². The molecule has 0 atom stereocenters. The summed E-state index contributed by atoms with van der Waals surface area (Å²) < 4.78 is 26.4. The summed E-state index contributed by atoms with van der Waals surface area (Å²) in [6, 6.07) is 4.35. The van der Waals surface area contributed by atoms with Gasteiger partial charge in [0, 0.05) is 0 Å². The molecule has 1 aliphatic rings. The van der Waals surface area contributed by atoms with Gasteiger partial charge in [0.2, 0.25) is 0 Å². The molecular formula is C12H15F2N. The van der Waals surface area contributed by atoms with Crippen molar-refractivity contribution in [3.8, 4) is 0 Å². The van der Waals surface area contributed by atoms with Crippen LogP contribution in [0.15, 0.2) is 18.2 Å². The van der Waals surface area contributed by atoms with E-state index in [4.69, 9.17) is 5.73 Å². The topological polar surface area (TPSA) is 26.0 Å². The van der Waals surface area contributed by atoms with Crippen molar-refractivity contribution >= 4 is 0 Å². The Bertz CT molecular complexity index is 353. The Kier molecular flexibility index (Phi) is 2.74. The SMILES string of the molecule is NCC1(Cc2cccc(F)c2F)CCC1. The van der Waals surface area contributed by atoms with Gasteiger partial charge in [-0.1, -0.05) is 18.6 Å². The Morgan fingerprint density at radius 1 is 1.27 bits per heavy atom. The van der Waals surface area contributed by atoms with Gasteiger partial charge in [-0.2, -0.15) is 0 Å². The normalized spacial score (nSPS) is 18.6. The Balaban J connectivity index is 2.20. The molecule has 2 N–H and O–H groups in total. The predicted molar refractivity (Wildman–Crippen MR) is 55.4 cm³/mol. The minimum Gasteiger partial charge on any atom is -0.330 e. The van der Waals surface area contributed by atoms with E-state index in [1.54, 1.807) is 12.1 Å². The molecular weight excluding hydrogens is 196 g/mol. The molecule has 2 rings (SSSR count). The zero-order chi connectivity index (χ0) is 10.9. The number of benzene rings is 1. The lowest BCUT2D eigenvalue weighted by Crippen LogP contribution is -2.39. The van der Waals surface area contributed by atoms with E-state index in [0.29, 0.717) is 18.5 Å². The maximum Gasteiger partial charge on any atom is 0.162 e. The van der Waals surface area contributed by atoms with Crippen LogP contribution in [-0.2, 0) is 6.42 Å². The second kappa shape index (κ2) is 3.89. The van der Waals surface area contributed by atoms with Crippen molar-refractivity contribution in [3.63, 3.8) is 0 Å². The van der Waals surface area contributed by atoms with Crippen LogP contribution in [-0.4, -0.2) is 6.54 Å². The molecule has 1 aliphatic carbocycles. The predicted octanol–water partition coefficient (Wildman–Crippen LogP) is 2.64. The summed E-state index contributed by atoms with van der Waals surface area (Å²) in [4.78, 5) is 0. The monoisotopic (exact) mass is 211 g/mol. The van der Waals surface area contributed by atoms with Gasteiger partial charge in [-0.25, -0.2) is 8.78 Å². The number of nitrogens with two attached hydrogens (primary N) is 1. The molecule has 0 bridgehead atoms. The summed E-state index contributed by atoms with van der Waals surface area (Å²) in [5, 5.41) is 0. The average Bonchev–Trinajstić information content (AvgIpc) is 2.18. The van der Waals surface area contributed by atoms with Crippen LogP contribution < -0.4 is 5.73 Å². The molecule has 1 saturated carbocycles. The highest BCUT2D eigenvalue weighted by Crippen LogP contribution is 2.43. The lowest BCUT2D eigenvalue weighted by Gasteiger charge is -2.41. The highest BCUT2D eigenvalue weighted by atomic mass is 19.2. The lowest BCUT2D eigenvalue weighted by molar-refractivity contribution is 0.143. The van der Waals surface area contributed by atoms with Crippen LogP contribution in [0.5, 0.6) is 0 Å². The number of rotatable bonds is 3. The molecule has 0 heterocycles. The van der Waals surface area contributed by atoms with Crippen molar-refractivity contribution in [2.45, 2.75) is 25.7 Å². The molecule has 0 amide bonds. The molecule has 0 aromatic heterocycles. The van der Waals surface area contributed by atoms with Gasteiger partial charge >= 0.3 is 0 Å². The molecule has 1 nitrogen and oxygen atoms in total. The highest BCUT2D eigenvalue weighted by Gasteiger charge is 2.36. The second-order valence-electron chi connectivity index (χ2n) is 4.45. The molecule has 0 aliphatic heterocycles. The van der Waals surface area contributed by atoms with Gasteiger partial charge in [0.05, 0.1) is 0 Å². The van der Waals surface area contributed by atoms with Gasteiger partial charge in [-0.05, 0) is 42.9 Å². The van der Waals surface area contributed by atoms with E-state index < -0.39 is 11.6 Å². The zero-order valence-corrected chi connectivity index (χ0v) is 8.60. The largest absolute Gasteiger partial charge is 0.330 e. The van der Waals surface area contributed by atoms with Crippen LogP contribution >= 0.6 is 0 Å². The first kappa shape index (κ1) is 10.6. The minimum atomic E-state index is -0.765. The van der Waals surface area contributed by atoms with E-state index in [-0.39, 0.29) is 5.41 Å². The van der Waals surface area contributed by atoms with E-state index in [0.717, 1.165) is 25.3 Å². The fraction of sp³-hybridized carbons (Fsp3) is 0.500. The Labute approximate surface area is 88.3 Å². The van der Waals surface area contributed by atoms with Gasteiger partial charge in [-0.3, -0.25) is 0 Å². The smallest absolute Gasteiger partial charge is 0.162 e. The molecule has 0 spiro atoms. The van der Waals surface area contributed by atoms with Crippen molar-refractivity contribution in [2.24, 2.45) is 11.1 Å².